The first-order valence-electron chi connectivity index (χ1n) is 12.0. The number of amides is 1. The summed E-state index contributed by atoms with van der Waals surface area (Å²) in [5, 5.41) is 2.69. The van der Waals surface area contributed by atoms with E-state index < -0.39 is 17.6 Å². The summed E-state index contributed by atoms with van der Waals surface area (Å²) in [6.07, 6.45) is -0.619. The molecule has 37 heavy (non-hydrogen) atoms. The average Bonchev–Trinajstić information content (AvgIpc) is 3.37. The minimum Gasteiger partial charge on any atom is -0.357 e. The summed E-state index contributed by atoms with van der Waals surface area (Å²) < 4.78 is 39.2. The van der Waals surface area contributed by atoms with Gasteiger partial charge in [0, 0.05) is 42.1 Å². The molecule has 2 aromatic heterocycles. The van der Waals surface area contributed by atoms with Crippen LogP contribution >= 0.6 is 0 Å². The van der Waals surface area contributed by atoms with Gasteiger partial charge in [0.05, 0.1) is 11.1 Å². The Morgan fingerprint density at radius 2 is 1.81 bits per heavy atom. The quantitative estimate of drug-likeness (QED) is 0.376. The molecule has 0 aliphatic carbocycles. The molecule has 1 saturated heterocycles. The number of piperidine rings is 1. The van der Waals surface area contributed by atoms with Gasteiger partial charge in [-0.1, -0.05) is 18.2 Å². The number of alkyl halides is 3. The summed E-state index contributed by atoms with van der Waals surface area (Å²) in [7, 11) is 4.20. The Labute approximate surface area is 212 Å². The van der Waals surface area contributed by atoms with E-state index in [9.17, 15) is 18.0 Å². The Bertz CT molecular complexity index is 1420. The smallest absolute Gasteiger partial charge is 0.357 e. The van der Waals surface area contributed by atoms with Crippen molar-refractivity contribution in [2.75, 3.05) is 37.4 Å². The van der Waals surface area contributed by atoms with Gasteiger partial charge in [-0.25, -0.2) is 9.97 Å². The SMILES string of the molecule is CN(C)C1CCN(c2nc(-c3cccc(NC(=O)c4cccc(C(F)(F)F)c4)c3)nc3cc[nH]c23)CC1. The van der Waals surface area contributed by atoms with Crippen molar-refractivity contribution in [1.29, 1.82) is 0 Å². The standard InChI is InChI=1S/C27H27F3N6O/c1-35(2)21-10-13-36(14-11-21)25-23-22(9-12-31-23)33-24(34-25)17-5-4-8-20(16-17)32-26(37)18-6-3-7-19(15-18)27(28,29)30/h3-9,12,15-16,21,31H,10-11,13-14H2,1-2H3,(H,32,37). The Hall–Kier alpha value is -3.92. The van der Waals surface area contributed by atoms with Gasteiger partial charge >= 0.3 is 6.18 Å². The van der Waals surface area contributed by atoms with E-state index in [0.29, 0.717) is 23.1 Å². The van der Waals surface area contributed by atoms with Crippen molar-refractivity contribution in [3.8, 4) is 11.4 Å². The number of fused-ring (bicyclic) bond motifs is 1. The molecule has 7 nitrogen and oxygen atoms in total. The molecule has 1 fully saturated rings. The van der Waals surface area contributed by atoms with Crippen LogP contribution in [-0.4, -0.2) is 59.0 Å². The summed E-state index contributed by atoms with van der Waals surface area (Å²) in [6.45, 7) is 1.75. The van der Waals surface area contributed by atoms with Crippen molar-refractivity contribution in [3.05, 3.63) is 71.9 Å². The van der Waals surface area contributed by atoms with Crippen molar-refractivity contribution in [1.82, 2.24) is 19.9 Å². The Morgan fingerprint density at radius 3 is 2.54 bits per heavy atom. The number of hydrogen-bond acceptors (Lipinski definition) is 5. The number of rotatable bonds is 5. The van der Waals surface area contributed by atoms with Crippen LogP contribution in [0.4, 0.5) is 24.7 Å². The van der Waals surface area contributed by atoms with Crippen LogP contribution in [0.5, 0.6) is 0 Å². The Kier molecular flexibility index (Phi) is 6.59. The zero-order valence-electron chi connectivity index (χ0n) is 20.5. The molecule has 0 saturated carbocycles. The molecule has 1 amide bonds. The number of H-pyrrole nitrogens is 1. The predicted molar refractivity (Wildman–Crippen MR) is 138 cm³/mol. The molecule has 0 radical (unpaired) electrons. The number of halogens is 3. The molecule has 1 aliphatic heterocycles. The molecule has 10 heteroatoms. The van der Waals surface area contributed by atoms with E-state index in [1.165, 1.54) is 12.1 Å². The number of aromatic amines is 1. The number of hydrogen-bond donors (Lipinski definition) is 2. The first-order chi connectivity index (χ1) is 17.7. The highest BCUT2D eigenvalue weighted by molar-refractivity contribution is 6.04. The van der Waals surface area contributed by atoms with E-state index in [1.54, 1.807) is 18.2 Å². The molecule has 192 valence electrons. The molecule has 2 N–H and O–H groups in total. The van der Waals surface area contributed by atoms with E-state index in [4.69, 9.17) is 9.97 Å². The van der Waals surface area contributed by atoms with Crippen molar-refractivity contribution in [3.63, 3.8) is 0 Å². The van der Waals surface area contributed by atoms with Crippen molar-refractivity contribution < 1.29 is 18.0 Å². The monoisotopic (exact) mass is 508 g/mol. The van der Waals surface area contributed by atoms with E-state index in [1.807, 2.05) is 18.3 Å². The van der Waals surface area contributed by atoms with Gasteiger partial charge in [0.2, 0.25) is 0 Å². The number of carbonyl (C=O) groups is 1. The molecule has 0 atom stereocenters. The Morgan fingerprint density at radius 1 is 1.05 bits per heavy atom. The highest BCUT2D eigenvalue weighted by Crippen LogP contribution is 2.31. The number of nitrogens with one attached hydrogen (secondary N) is 2. The molecule has 1 aliphatic rings. The van der Waals surface area contributed by atoms with Gasteiger partial charge in [0.1, 0.15) is 5.52 Å². The first-order valence-corrected chi connectivity index (χ1v) is 12.0. The highest BCUT2D eigenvalue weighted by atomic mass is 19.4. The van der Waals surface area contributed by atoms with Crippen LogP contribution in [0.15, 0.2) is 60.8 Å². The van der Waals surface area contributed by atoms with Gasteiger partial charge in [-0.2, -0.15) is 13.2 Å². The molecule has 0 unspecified atom stereocenters. The van der Waals surface area contributed by atoms with Gasteiger partial charge in [-0.05, 0) is 63.3 Å². The lowest BCUT2D eigenvalue weighted by molar-refractivity contribution is -0.137. The maximum absolute atomic E-state index is 13.1. The van der Waals surface area contributed by atoms with Crippen LogP contribution in [0, 0.1) is 0 Å². The average molecular weight is 509 g/mol. The van der Waals surface area contributed by atoms with E-state index >= 15 is 0 Å². The van der Waals surface area contributed by atoms with Crippen LogP contribution in [-0.2, 0) is 6.18 Å². The van der Waals surface area contributed by atoms with Gasteiger partial charge < -0.3 is 20.1 Å². The van der Waals surface area contributed by atoms with Gasteiger partial charge in [-0.15, -0.1) is 0 Å². The number of aromatic nitrogens is 3. The highest BCUT2D eigenvalue weighted by Gasteiger charge is 2.31. The second-order valence-corrected chi connectivity index (χ2v) is 9.40. The van der Waals surface area contributed by atoms with Gasteiger partial charge in [-0.3, -0.25) is 4.79 Å². The summed E-state index contributed by atoms with van der Waals surface area (Å²) in [6, 6.07) is 13.8. The second-order valence-electron chi connectivity index (χ2n) is 9.40. The minimum atomic E-state index is -4.52. The molecular formula is C27H27F3N6O. The van der Waals surface area contributed by atoms with Gasteiger partial charge in [0.25, 0.3) is 5.91 Å². The molecular weight excluding hydrogens is 481 g/mol. The van der Waals surface area contributed by atoms with Crippen molar-refractivity contribution in [2.24, 2.45) is 0 Å². The summed E-state index contributed by atoms with van der Waals surface area (Å²) in [4.78, 5) is 30.1. The number of nitrogens with zero attached hydrogens (tertiary/aromatic N) is 4. The third-order valence-corrected chi connectivity index (χ3v) is 6.71. The maximum atomic E-state index is 13.1. The Balaban J connectivity index is 1.41. The van der Waals surface area contributed by atoms with Crippen LogP contribution in [0.2, 0.25) is 0 Å². The zero-order chi connectivity index (χ0) is 26.2. The lowest BCUT2D eigenvalue weighted by Gasteiger charge is -2.36. The first kappa shape index (κ1) is 24.8. The van der Waals surface area contributed by atoms with Crippen molar-refractivity contribution in [2.45, 2.75) is 25.1 Å². The summed E-state index contributed by atoms with van der Waals surface area (Å²) in [5.74, 6) is 0.710. The largest absolute Gasteiger partial charge is 0.416 e. The molecule has 0 spiro atoms. The lowest BCUT2D eigenvalue weighted by Crippen LogP contribution is -2.42. The van der Waals surface area contributed by atoms with Crippen LogP contribution in [0.25, 0.3) is 22.4 Å². The lowest BCUT2D eigenvalue weighted by atomic mass is 10.0. The maximum Gasteiger partial charge on any atom is 0.416 e. The van der Waals surface area contributed by atoms with E-state index in [-0.39, 0.29) is 5.56 Å². The van der Waals surface area contributed by atoms with E-state index in [2.05, 4.69) is 34.2 Å². The third-order valence-electron chi connectivity index (χ3n) is 6.71. The van der Waals surface area contributed by atoms with Crippen molar-refractivity contribution >= 4 is 28.4 Å². The zero-order valence-corrected chi connectivity index (χ0v) is 20.5. The fourth-order valence-electron chi connectivity index (χ4n) is 4.66. The minimum absolute atomic E-state index is 0.0753. The molecule has 3 heterocycles. The molecule has 4 aromatic rings. The predicted octanol–water partition coefficient (Wildman–Crippen LogP) is 5.43. The molecule has 5 rings (SSSR count). The van der Waals surface area contributed by atoms with E-state index in [0.717, 1.165) is 54.9 Å². The van der Waals surface area contributed by atoms with Gasteiger partial charge in [0.15, 0.2) is 11.6 Å². The fraction of sp³-hybridized carbons (Fsp3) is 0.296. The topological polar surface area (TPSA) is 77.2 Å². The normalized spacial score (nSPS) is 14.9. The fourth-order valence-corrected chi connectivity index (χ4v) is 4.66. The van der Waals surface area contributed by atoms with Crippen LogP contribution < -0.4 is 10.2 Å². The van der Waals surface area contributed by atoms with Crippen LogP contribution in [0.1, 0.15) is 28.8 Å². The number of anilines is 2. The van der Waals surface area contributed by atoms with Crippen LogP contribution in [0.3, 0.4) is 0 Å². The number of carbonyl (C=O) groups excluding carboxylic acids is 1. The molecule has 2 aromatic carbocycles. The number of benzene rings is 2. The summed E-state index contributed by atoms with van der Waals surface area (Å²) in [5.41, 5.74) is 1.84. The second kappa shape index (κ2) is 9.85. The molecule has 0 bridgehead atoms. The summed E-state index contributed by atoms with van der Waals surface area (Å²) >= 11 is 0. The third kappa shape index (κ3) is 5.29.